The van der Waals surface area contributed by atoms with E-state index in [9.17, 15) is 19.5 Å². The third-order valence-corrected chi connectivity index (χ3v) is 6.12. The number of carboxylic acids is 1. The fraction of sp³-hybridized carbons (Fsp3) is 0.423. The molecule has 35 heavy (non-hydrogen) atoms. The number of aliphatic carboxylic acids is 1. The molecule has 2 aromatic carbocycles. The molecule has 0 heterocycles. The number of aryl methyl sites for hydroxylation is 1. The van der Waals surface area contributed by atoms with Gasteiger partial charge in [0.1, 0.15) is 6.04 Å². The smallest absolute Gasteiger partial charge is 0.326 e. The van der Waals surface area contributed by atoms with E-state index in [1.807, 2.05) is 13.0 Å². The van der Waals surface area contributed by atoms with Crippen LogP contribution in [-0.4, -0.2) is 44.4 Å². The standard InChI is InChI=1S/C26H32N2O7/c1-6-7-20(26(31)32)28-19-11-9-16-17(13-21(19)30)18(27-14(2)29)10-8-15-12-22(33-3)24(34-4)25(35-5)23(15)16/h9,11-13,18,20H,6-8,10H2,1-5H3,(H,27,29)(H,28,30)(H,31,32)/t18-,20-/m1/s1. The van der Waals surface area contributed by atoms with Crippen LogP contribution in [0.5, 0.6) is 17.2 Å². The van der Waals surface area contributed by atoms with Crippen LogP contribution < -0.4 is 30.3 Å². The van der Waals surface area contributed by atoms with Gasteiger partial charge in [-0.15, -0.1) is 0 Å². The molecule has 0 bridgehead atoms. The van der Waals surface area contributed by atoms with E-state index >= 15 is 0 Å². The van der Waals surface area contributed by atoms with Crippen LogP contribution in [0.1, 0.15) is 50.3 Å². The average Bonchev–Trinajstić information content (AvgIpc) is 3.06. The van der Waals surface area contributed by atoms with Crippen molar-refractivity contribution in [1.82, 2.24) is 5.32 Å². The number of fused-ring (bicyclic) bond motifs is 3. The van der Waals surface area contributed by atoms with Gasteiger partial charge in [-0.3, -0.25) is 9.59 Å². The molecule has 0 unspecified atom stereocenters. The number of carboxylic acid groups (broad SMARTS) is 1. The first-order valence-electron chi connectivity index (χ1n) is 11.5. The van der Waals surface area contributed by atoms with Crippen molar-refractivity contribution in [3.63, 3.8) is 0 Å². The monoisotopic (exact) mass is 484 g/mol. The SMILES string of the molecule is CCC[C@@H](Nc1ccc2c(cc1=O)[C@H](NC(C)=O)CCc1cc(OC)c(OC)c(OC)c1-2)C(=O)O. The average molecular weight is 485 g/mol. The summed E-state index contributed by atoms with van der Waals surface area (Å²) in [6.45, 7) is 3.31. The Hall–Kier alpha value is -3.75. The van der Waals surface area contributed by atoms with Crippen molar-refractivity contribution in [3.8, 4) is 28.4 Å². The molecular formula is C26H32N2O7. The highest BCUT2D eigenvalue weighted by atomic mass is 16.5. The lowest BCUT2D eigenvalue weighted by Crippen LogP contribution is -2.31. The molecule has 3 N–H and O–H groups in total. The number of hydrogen-bond donors (Lipinski definition) is 3. The molecule has 0 saturated heterocycles. The van der Waals surface area contributed by atoms with Gasteiger partial charge in [0.2, 0.25) is 17.1 Å². The van der Waals surface area contributed by atoms with Crippen LogP contribution >= 0.6 is 0 Å². The van der Waals surface area contributed by atoms with Crippen molar-refractivity contribution in [2.45, 2.75) is 51.6 Å². The van der Waals surface area contributed by atoms with E-state index in [4.69, 9.17) is 14.2 Å². The maximum atomic E-state index is 13.2. The summed E-state index contributed by atoms with van der Waals surface area (Å²) < 4.78 is 16.9. The maximum absolute atomic E-state index is 13.2. The van der Waals surface area contributed by atoms with Crippen LogP contribution in [0.3, 0.4) is 0 Å². The molecule has 0 aromatic heterocycles. The Morgan fingerprint density at radius 1 is 1.11 bits per heavy atom. The predicted octanol–water partition coefficient (Wildman–Crippen LogP) is 3.53. The summed E-state index contributed by atoms with van der Waals surface area (Å²) in [5, 5.41) is 15.4. The van der Waals surface area contributed by atoms with Gasteiger partial charge >= 0.3 is 5.97 Å². The van der Waals surface area contributed by atoms with Crippen LogP contribution in [-0.2, 0) is 16.0 Å². The Morgan fingerprint density at radius 3 is 2.40 bits per heavy atom. The van der Waals surface area contributed by atoms with Crippen LogP contribution in [0.2, 0.25) is 0 Å². The molecule has 2 aromatic rings. The Labute approximate surface area is 204 Å². The van der Waals surface area contributed by atoms with Gasteiger partial charge in [0, 0.05) is 12.5 Å². The Morgan fingerprint density at radius 2 is 1.83 bits per heavy atom. The van der Waals surface area contributed by atoms with Crippen LogP contribution in [0, 0.1) is 0 Å². The minimum absolute atomic E-state index is 0.168. The third-order valence-electron chi connectivity index (χ3n) is 6.12. The molecule has 2 atom stereocenters. The van der Waals surface area contributed by atoms with Gasteiger partial charge in [0.15, 0.2) is 11.5 Å². The minimum atomic E-state index is -1.03. The second-order valence-corrected chi connectivity index (χ2v) is 8.42. The second kappa shape index (κ2) is 11.1. The second-order valence-electron chi connectivity index (χ2n) is 8.42. The number of carbonyl (C=O) groups is 2. The van der Waals surface area contributed by atoms with Crippen molar-refractivity contribution in [1.29, 1.82) is 0 Å². The molecule has 188 valence electrons. The summed E-state index contributed by atoms with van der Waals surface area (Å²) in [7, 11) is 4.60. The number of methoxy groups -OCH3 is 3. The lowest BCUT2D eigenvalue weighted by molar-refractivity contribution is -0.138. The van der Waals surface area contributed by atoms with Gasteiger partial charge in [0.25, 0.3) is 0 Å². The topological polar surface area (TPSA) is 123 Å². The zero-order valence-corrected chi connectivity index (χ0v) is 20.7. The molecular weight excluding hydrogens is 452 g/mol. The van der Waals surface area contributed by atoms with E-state index in [1.165, 1.54) is 27.2 Å². The van der Waals surface area contributed by atoms with Gasteiger partial charge in [-0.2, -0.15) is 0 Å². The Bertz CT molecular complexity index is 1180. The van der Waals surface area contributed by atoms with Gasteiger partial charge < -0.3 is 30.0 Å². The molecule has 0 saturated carbocycles. The summed E-state index contributed by atoms with van der Waals surface area (Å²) in [4.78, 5) is 36.9. The normalized spacial score (nSPS) is 15.1. The van der Waals surface area contributed by atoms with Crippen molar-refractivity contribution in [2.75, 3.05) is 26.6 Å². The summed E-state index contributed by atoms with van der Waals surface area (Å²) in [6.07, 6.45) is 2.14. The highest BCUT2D eigenvalue weighted by molar-refractivity contribution is 5.84. The van der Waals surface area contributed by atoms with Crippen LogP contribution in [0.4, 0.5) is 5.69 Å². The summed E-state index contributed by atoms with van der Waals surface area (Å²) in [5.74, 6) is 0.131. The summed E-state index contributed by atoms with van der Waals surface area (Å²) >= 11 is 0. The van der Waals surface area contributed by atoms with E-state index in [-0.39, 0.29) is 17.0 Å². The van der Waals surface area contributed by atoms with Gasteiger partial charge in [0.05, 0.1) is 33.1 Å². The van der Waals surface area contributed by atoms with E-state index in [1.54, 1.807) is 19.2 Å². The van der Waals surface area contributed by atoms with E-state index in [0.717, 1.165) is 11.1 Å². The Kier molecular flexibility index (Phi) is 8.22. The molecule has 9 nitrogen and oxygen atoms in total. The van der Waals surface area contributed by atoms with Crippen LogP contribution in [0.25, 0.3) is 11.1 Å². The summed E-state index contributed by atoms with van der Waals surface area (Å²) in [6, 6.07) is 5.36. The summed E-state index contributed by atoms with van der Waals surface area (Å²) in [5.41, 5.74) is 2.74. The first-order chi connectivity index (χ1) is 16.7. The lowest BCUT2D eigenvalue weighted by Gasteiger charge is -2.19. The largest absolute Gasteiger partial charge is 0.493 e. The number of anilines is 1. The fourth-order valence-corrected chi connectivity index (χ4v) is 4.56. The quantitative estimate of drug-likeness (QED) is 0.494. The molecule has 1 amide bonds. The predicted molar refractivity (Wildman–Crippen MR) is 133 cm³/mol. The number of rotatable bonds is 9. The van der Waals surface area contributed by atoms with Crippen molar-refractivity contribution >= 4 is 17.6 Å². The number of ether oxygens (including phenoxy) is 3. The molecule has 0 radical (unpaired) electrons. The molecule has 0 spiro atoms. The Balaban J connectivity index is 2.32. The van der Waals surface area contributed by atoms with Crippen molar-refractivity contribution in [3.05, 3.63) is 45.6 Å². The van der Waals surface area contributed by atoms with Gasteiger partial charge in [-0.05, 0) is 54.2 Å². The zero-order chi connectivity index (χ0) is 25.7. The molecule has 1 aliphatic carbocycles. The molecule has 0 fully saturated rings. The maximum Gasteiger partial charge on any atom is 0.326 e. The first-order valence-corrected chi connectivity index (χ1v) is 11.5. The molecule has 1 aliphatic rings. The number of hydrogen-bond acceptors (Lipinski definition) is 7. The highest BCUT2D eigenvalue weighted by Crippen LogP contribution is 2.50. The highest BCUT2D eigenvalue weighted by Gasteiger charge is 2.29. The van der Waals surface area contributed by atoms with Crippen molar-refractivity contribution < 1.29 is 28.9 Å². The number of carbonyl (C=O) groups excluding carboxylic acids is 1. The lowest BCUT2D eigenvalue weighted by atomic mass is 9.95. The third kappa shape index (κ3) is 5.34. The molecule has 0 aliphatic heterocycles. The minimum Gasteiger partial charge on any atom is -0.493 e. The van der Waals surface area contributed by atoms with E-state index in [2.05, 4.69) is 10.6 Å². The number of amides is 1. The van der Waals surface area contributed by atoms with Crippen molar-refractivity contribution in [2.24, 2.45) is 0 Å². The number of nitrogens with one attached hydrogen (secondary N) is 2. The van der Waals surface area contributed by atoms with Crippen LogP contribution in [0.15, 0.2) is 29.1 Å². The van der Waals surface area contributed by atoms with E-state index < -0.39 is 18.1 Å². The fourth-order valence-electron chi connectivity index (χ4n) is 4.56. The first kappa shape index (κ1) is 25.9. The van der Waals surface area contributed by atoms with E-state index in [0.29, 0.717) is 54.1 Å². The molecule has 3 rings (SSSR count). The van der Waals surface area contributed by atoms with Gasteiger partial charge in [-0.1, -0.05) is 19.4 Å². The van der Waals surface area contributed by atoms with Gasteiger partial charge in [-0.25, -0.2) is 4.79 Å². The number of benzene rings is 1. The molecule has 9 heteroatoms. The zero-order valence-electron chi connectivity index (χ0n) is 20.7.